The molecule has 0 saturated heterocycles. The zero-order valence-corrected chi connectivity index (χ0v) is 20.4. The van der Waals surface area contributed by atoms with Crippen LogP contribution in [0.1, 0.15) is 11.1 Å². The van der Waals surface area contributed by atoms with Crippen LogP contribution in [0.3, 0.4) is 0 Å². The molecule has 0 aliphatic rings. The maximum absolute atomic E-state index is 4.51. The van der Waals surface area contributed by atoms with Gasteiger partial charge in [0.2, 0.25) is 0 Å². The first-order chi connectivity index (χ1) is 18.8. The summed E-state index contributed by atoms with van der Waals surface area (Å²) in [6, 6.07) is 33.8. The van der Waals surface area contributed by atoms with Crippen molar-refractivity contribution in [2.75, 3.05) is 4.90 Å². The van der Waals surface area contributed by atoms with Crippen molar-refractivity contribution >= 4 is 28.4 Å². The number of pyridine rings is 3. The molecule has 0 aliphatic heterocycles. The topological polar surface area (TPSA) is 46.8 Å². The van der Waals surface area contributed by atoms with E-state index in [0.29, 0.717) is 0 Å². The van der Waals surface area contributed by atoms with E-state index in [2.05, 4.69) is 55.3 Å². The van der Waals surface area contributed by atoms with Crippen molar-refractivity contribution in [2.24, 2.45) is 0 Å². The number of hydrogen-bond donors (Lipinski definition) is 0. The minimum Gasteiger partial charge on any atom is -0.301 e. The van der Waals surface area contributed by atoms with Gasteiger partial charge in [0.1, 0.15) is 17.3 Å². The summed E-state index contributed by atoms with van der Waals surface area (Å²) in [7, 11) is 0. The van der Waals surface area contributed by atoms with E-state index in [9.17, 15) is 0 Å². The van der Waals surface area contributed by atoms with Gasteiger partial charge in [-0.1, -0.05) is 24.0 Å². The zero-order valence-electron chi connectivity index (χ0n) is 20.4. The van der Waals surface area contributed by atoms with Crippen molar-refractivity contribution in [3.8, 4) is 29.4 Å². The summed E-state index contributed by atoms with van der Waals surface area (Å²) in [5, 5.41) is 1.11. The van der Waals surface area contributed by atoms with Gasteiger partial charge < -0.3 is 4.57 Å². The van der Waals surface area contributed by atoms with Gasteiger partial charge in [-0.25, -0.2) is 15.0 Å². The Bertz CT molecular complexity index is 1760. The van der Waals surface area contributed by atoms with Gasteiger partial charge in [-0.05, 0) is 103 Å². The Labute approximate surface area is 221 Å². The number of benzene rings is 2. The fraction of sp³-hybridized carbons (Fsp3) is 0. The minimum atomic E-state index is 0.795. The Morgan fingerprint density at radius 2 is 1.16 bits per heavy atom. The van der Waals surface area contributed by atoms with E-state index in [1.54, 1.807) is 12.4 Å². The fourth-order valence-electron chi connectivity index (χ4n) is 4.13. The predicted octanol–water partition coefficient (Wildman–Crippen LogP) is 6.69. The van der Waals surface area contributed by atoms with Gasteiger partial charge in [-0.15, -0.1) is 0 Å². The monoisotopic (exact) mass is 487 g/mol. The molecule has 0 atom stereocenters. The summed E-state index contributed by atoms with van der Waals surface area (Å²) in [5.41, 5.74) is 4.72. The highest BCUT2D eigenvalue weighted by Gasteiger charge is 2.13. The first-order valence-corrected chi connectivity index (χ1v) is 12.1. The first-order valence-electron chi connectivity index (χ1n) is 12.1. The van der Waals surface area contributed by atoms with E-state index in [-0.39, 0.29) is 0 Å². The van der Waals surface area contributed by atoms with E-state index in [0.717, 1.165) is 45.2 Å². The SMILES string of the molecule is C(C#Cc1ccc(-n2ccc3cccnc32)cc1)#Cc1ccc(N(c2ccccn2)c2ccccn2)cc1. The molecule has 0 aliphatic carbocycles. The zero-order chi connectivity index (χ0) is 25.6. The Morgan fingerprint density at radius 1 is 0.553 bits per heavy atom. The van der Waals surface area contributed by atoms with E-state index in [1.165, 1.54) is 0 Å². The first kappa shape index (κ1) is 22.8. The van der Waals surface area contributed by atoms with Crippen LogP contribution in [-0.2, 0) is 0 Å². The van der Waals surface area contributed by atoms with E-state index >= 15 is 0 Å². The van der Waals surface area contributed by atoms with Crippen molar-refractivity contribution in [1.29, 1.82) is 0 Å². The third-order valence-corrected chi connectivity index (χ3v) is 5.95. The molecule has 2 aromatic carbocycles. The molecule has 0 saturated carbocycles. The summed E-state index contributed by atoms with van der Waals surface area (Å²) in [5.74, 6) is 13.8. The molecule has 0 amide bonds. The summed E-state index contributed by atoms with van der Waals surface area (Å²) in [4.78, 5) is 15.5. The quantitative estimate of drug-likeness (QED) is 0.260. The van der Waals surface area contributed by atoms with Crippen molar-refractivity contribution in [2.45, 2.75) is 0 Å². The number of nitrogens with zero attached hydrogens (tertiary/aromatic N) is 5. The summed E-state index contributed by atoms with van der Waals surface area (Å²) in [6.07, 6.45) is 7.39. The smallest absolute Gasteiger partial charge is 0.144 e. The van der Waals surface area contributed by atoms with Crippen LogP contribution in [0.2, 0.25) is 0 Å². The van der Waals surface area contributed by atoms with Crippen LogP contribution in [0.5, 0.6) is 0 Å². The minimum absolute atomic E-state index is 0.795. The lowest BCUT2D eigenvalue weighted by molar-refractivity contribution is 1.09. The maximum atomic E-state index is 4.51. The Hall–Kier alpha value is -5.65. The molecular weight excluding hydrogens is 466 g/mol. The Morgan fingerprint density at radius 3 is 1.76 bits per heavy atom. The highest BCUT2D eigenvalue weighted by molar-refractivity contribution is 5.78. The molecule has 0 radical (unpaired) electrons. The lowest BCUT2D eigenvalue weighted by atomic mass is 10.2. The number of anilines is 3. The van der Waals surface area contributed by atoms with Gasteiger partial charge in [-0.3, -0.25) is 4.90 Å². The van der Waals surface area contributed by atoms with Crippen LogP contribution < -0.4 is 4.90 Å². The molecule has 5 nitrogen and oxygen atoms in total. The Balaban J connectivity index is 1.18. The molecule has 4 aromatic heterocycles. The molecule has 6 rings (SSSR count). The molecule has 178 valence electrons. The van der Waals surface area contributed by atoms with Crippen molar-refractivity contribution in [3.05, 3.63) is 139 Å². The van der Waals surface area contributed by atoms with Crippen molar-refractivity contribution < 1.29 is 0 Å². The molecule has 38 heavy (non-hydrogen) atoms. The molecule has 0 N–H and O–H groups in total. The molecule has 0 fully saturated rings. The van der Waals surface area contributed by atoms with Gasteiger partial charge >= 0.3 is 0 Å². The van der Waals surface area contributed by atoms with Gasteiger partial charge in [0.05, 0.1) is 0 Å². The van der Waals surface area contributed by atoms with Gasteiger partial charge in [0.25, 0.3) is 0 Å². The predicted molar refractivity (Wildman–Crippen MR) is 152 cm³/mol. The maximum Gasteiger partial charge on any atom is 0.144 e. The third-order valence-electron chi connectivity index (χ3n) is 5.95. The molecule has 0 spiro atoms. The van der Waals surface area contributed by atoms with Gasteiger partial charge in [0.15, 0.2) is 0 Å². The average molecular weight is 488 g/mol. The number of rotatable bonds is 4. The van der Waals surface area contributed by atoms with Crippen LogP contribution in [0, 0.1) is 23.7 Å². The molecule has 5 heteroatoms. The van der Waals surface area contributed by atoms with Crippen molar-refractivity contribution in [1.82, 2.24) is 19.5 Å². The van der Waals surface area contributed by atoms with Crippen LogP contribution in [-0.4, -0.2) is 19.5 Å². The summed E-state index contributed by atoms with van der Waals surface area (Å²) >= 11 is 0. The largest absolute Gasteiger partial charge is 0.301 e. The number of fused-ring (bicyclic) bond motifs is 1. The van der Waals surface area contributed by atoms with Crippen LogP contribution >= 0.6 is 0 Å². The molecular formula is C33H21N5. The Kier molecular flexibility index (Phi) is 6.32. The van der Waals surface area contributed by atoms with Crippen molar-refractivity contribution in [3.63, 3.8) is 0 Å². The highest BCUT2D eigenvalue weighted by atomic mass is 15.2. The third kappa shape index (κ3) is 4.86. The highest BCUT2D eigenvalue weighted by Crippen LogP contribution is 2.31. The normalized spacial score (nSPS) is 10.2. The molecule has 4 heterocycles. The van der Waals surface area contributed by atoms with Gasteiger partial charge in [0, 0.05) is 52.7 Å². The van der Waals surface area contributed by atoms with Crippen LogP contribution in [0.25, 0.3) is 16.7 Å². The fourth-order valence-corrected chi connectivity index (χ4v) is 4.13. The number of aromatic nitrogens is 4. The van der Waals surface area contributed by atoms with E-state index in [1.807, 2.05) is 108 Å². The second-order valence-electron chi connectivity index (χ2n) is 8.41. The van der Waals surface area contributed by atoms with Crippen LogP contribution in [0.15, 0.2) is 128 Å². The van der Waals surface area contributed by atoms with E-state index < -0.39 is 0 Å². The summed E-state index contributed by atoms with van der Waals surface area (Å²) < 4.78 is 2.07. The molecule has 0 bridgehead atoms. The molecule has 6 aromatic rings. The lowest BCUT2D eigenvalue weighted by Gasteiger charge is -2.22. The summed E-state index contributed by atoms with van der Waals surface area (Å²) in [6.45, 7) is 0. The second kappa shape index (κ2) is 10.5. The average Bonchev–Trinajstić information content (AvgIpc) is 3.42. The second-order valence-corrected chi connectivity index (χ2v) is 8.41. The van der Waals surface area contributed by atoms with E-state index in [4.69, 9.17) is 0 Å². The van der Waals surface area contributed by atoms with Crippen LogP contribution in [0.4, 0.5) is 17.3 Å². The number of hydrogen-bond acceptors (Lipinski definition) is 4. The molecule has 0 unspecified atom stereocenters. The standard InChI is InChI=1S/C33H21N5/c1(8-26-13-17-29(18-14-26)37-25-21-28-10-7-24-36-33(28)37)2-9-27-15-19-30(20-16-27)38(31-11-3-5-22-34-31)32-12-4-6-23-35-32/h3-7,10-25H. The van der Waals surface area contributed by atoms with Gasteiger partial charge in [-0.2, -0.15) is 0 Å². The lowest BCUT2D eigenvalue weighted by Crippen LogP contribution is -2.12.